The Morgan fingerprint density at radius 3 is 2.84 bits per heavy atom. The summed E-state index contributed by atoms with van der Waals surface area (Å²) in [6.45, 7) is 2.01. The summed E-state index contributed by atoms with van der Waals surface area (Å²) >= 11 is 0. The predicted molar refractivity (Wildman–Crippen MR) is 94.3 cm³/mol. The first-order valence-corrected chi connectivity index (χ1v) is 8.34. The first kappa shape index (κ1) is 14.4. The van der Waals surface area contributed by atoms with Crippen LogP contribution in [-0.2, 0) is 0 Å². The van der Waals surface area contributed by atoms with Crippen LogP contribution in [0.3, 0.4) is 0 Å². The van der Waals surface area contributed by atoms with Gasteiger partial charge in [0.1, 0.15) is 0 Å². The Balaban J connectivity index is 1.51. The number of aryl methyl sites for hydroxylation is 1. The second-order valence-electron chi connectivity index (χ2n) is 6.63. The Kier molecular flexibility index (Phi) is 3.01. The molecular weight excluding hydrogens is 316 g/mol. The fraction of sp³-hybridized carbons (Fsp3) is 0.294. The topological polar surface area (TPSA) is 98.4 Å². The number of nitrogens with one attached hydrogen (secondary N) is 1. The van der Waals surface area contributed by atoms with Crippen LogP contribution in [0.2, 0.25) is 0 Å². The smallest absolute Gasteiger partial charge is 0.241 e. The van der Waals surface area contributed by atoms with Gasteiger partial charge in [0, 0.05) is 47.5 Å². The number of aromatic nitrogens is 6. The first-order valence-electron chi connectivity index (χ1n) is 8.34. The zero-order valence-corrected chi connectivity index (χ0v) is 13.8. The summed E-state index contributed by atoms with van der Waals surface area (Å²) in [4.78, 5) is 13.1. The van der Waals surface area contributed by atoms with Crippen LogP contribution in [0, 0.1) is 6.92 Å². The molecule has 126 valence electrons. The molecule has 4 aromatic heterocycles. The molecule has 0 amide bonds. The number of hydrogen-bond donors (Lipinski definition) is 2. The van der Waals surface area contributed by atoms with E-state index in [1.54, 1.807) is 0 Å². The molecule has 0 unspecified atom stereocenters. The van der Waals surface area contributed by atoms with Crippen LogP contribution in [0.25, 0.3) is 22.4 Å². The summed E-state index contributed by atoms with van der Waals surface area (Å²) in [5, 5.41) is 7.88. The molecule has 8 nitrogen and oxygen atoms in total. The lowest BCUT2D eigenvalue weighted by molar-refractivity contribution is 0.371. The van der Waals surface area contributed by atoms with Crippen molar-refractivity contribution in [2.45, 2.75) is 31.8 Å². The fourth-order valence-electron chi connectivity index (χ4n) is 3.30. The first-order chi connectivity index (χ1) is 12.2. The van der Waals surface area contributed by atoms with Crippen LogP contribution >= 0.6 is 0 Å². The Bertz CT molecular complexity index is 1070. The van der Waals surface area contributed by atoms with E-state index in [1.807, 2.05) is 52.9 Å². The summed E-state index contributed by atoms with van der Waals surface area (Å²) in [5.74, 6) is 1.33. The van der Waals surface area contributed by atoms with Gasteiger partial charge in [-0.25, -0.2) is 19.5 Å². The molecule has 5 rings (SSSR count). The summed E-state index contributed by atoms with van der Waals surface area (Å²) < 4.78 is 3.82. The van der Waals surface area contributed by atoms with Gasteiger partial charge in [0.05, 0.1) is 17.9 Å². The van der Waals surface area contributed by atoms with Gasteiger partial charge in [-0.05, 0) is 25.8 Å². The van der Waals surface area contributed by atoms with E-state index in [4.69, 9.17) is 5.73 Å². The molecule has 1 aliphatic rings. The van der Waals surface area contributed by atoms with Crippen LogP contribution in [0.1, 0.15) is 18.5 Å². The average Bonchev–Trinajstić information content (AvgIpc) is 3.17. The van der Waals surface area contributed by atoms with E-state index in [1.165, 1.54) is 0 Å². The number of imidazole rings is 1. The zero-order chi connectivity index (χ0) is 17.0. The standard InChI is InChI=1S/C17H18N8/c1-10-6-20-17-21-7-11(9-24(10)17)14-2-3-25-15(14)8-19-16(23-25)22-13-4-12(18)5-13/h2-3,6-9,12-13H,4-5,18H2,1H3,(H,22,23)/t12-,13+. The molecule has 1 saturated carbocycles. The maximum absolute atomic E-state index is 5.82. The fourth-order valence-corrected chi connectivity index (χ4v) is 3.30. The van der Waals surface area contributed by atoms with Crippen molar-refractivity contribution >= 4 is 17.2 Å². The Labute approximate surface area is 143 Å². The molecule has 0 aliphatic heterocycles. The van der Waals surface area contributed by atoms with Gasteiger partial charge in [0.15, 0.2) is 0 Å². The van der Waals surface area contributed by atoms with E-state index in [0.717, 1.165) is 35.2 Å². The normalized spacial score (nSPS) is 20.1. The molecule has 0 spiro atoms. The van der Waals surface area contributed by atoms with Gasteiger partial charge in [-0.2, -0.15) is 0 Å². The molecule has 4 heterocycles. The van der Waals surface area contributed by atoms with E-state index in [-0.39, 0.29) is 0 Å². The van der Waals surface area contributed by atoms with Crippen molar-refractivity contribution in [3.05, 3.63) is 42.7 Å². The third kappa shape index (κ3) is 2.33. The van der Waals surface area contributed by atoms with Crippen molar-refractivity contribution < 1.29 is 0 Å². The zero-order valence-electron chi connectivity index (χ0n) is 13.8. The third-order valence-electron chi connectivity index (χ3n) is 4.79. The summed E-state index contributed by atoms with van der Waals surface area (Å²) in [6.07, 6.45) is 11.4. The van der Waals surface area contributed by atoms with Gasteiger partial charge in [-0.1, -0.05) is 0 Å². The molecule has 0 aromatic carbocycles. The average molecular weight is 334 g/mol. The van der Waals surface area contributed by atoms with E-state index in [0.29, 0.717) is 23.8 Å². The van der Waals surface area contributed by atoms with Crippen molar-refractivity contribution in [2.75, 3.05) is 5.32 Å². The molecule has 0 radical (unpaired) electrons. The lowest BCUT2D eigenvalue weighted by Crippen LogP contribution is -2.44. The number of nitrogens with two attached hydrogens (primary N) is 1. The molecule has 0 bridgehead atoms. The van der Waals surface area contributed by atoms with Crippen molar-refractivity contribution in [1.29, 1.82) is 0 Å². The molecule has 0 atom stereocenters. The second kappa shape index (κ2) is 5.25. The highest BCUT2D eigenvalue weighted by Crippen LogP contribution is 2.26. The van der Waals surface area contributed by atoms with Crippen molar-refractivity contribution in [3.63, 3.8) is 0 Å². The van der Waals surface area contributed by atoms with Gasteiger partial charge in [0.2, 0.25) is 11.7 Å². The highest BCUT2D eigenvalue weighted by atomic mass is 15.3. The van der Waals surface area contributed by atoms with E-state index >= 15 is 0 Å². The maximum Gasteiger partial charge on any atom is 0.241 e. The third-order valence-corrected chi connectivity index (χ3v) is 4.79. The number of fused-ring (bicyclic) bond motifs is 2. The highest BCUT2D eigenvalue weighted by molar-refractivity contribution is 5.79. The van der Waals surface area contributed by atoms with E-state index in [9.17, 15) is 0 Å². The molecule has 4 aromatic rings. The van der Waals surface area contributed by atoms with Gasteiger partial charge >= 0.3 is 0 Å². The second-order valence-corrected chi connectivity index (χ2v) is 6.63. The lowest BCUT2D eigenvalue weighted by Gasteiger charge is -2.32. The van der Waals surface area contributed by atoms with Gasteiger partial charge in [-0.3, -0.25) is 4.40 Å². The number of rotatable bonds is 3. The van der Waals surface area contributed by atoms with Gasteiger partial charge in [-0.15, -0.1) is 5.10 Å². The number of hydrogen-bond acceptors (Lipinski definition) is 6. The van der Waals surface area contributed by atoms with Crippen LogP contribution in [0.5, 0.6) is 0 Å². The monoisotopic (exact) mass is 334 g/mol. The minimum Gasteiger partial charge on any atom is -0.350 e. The van der Waals surface area contributed by atoms with Crippen molar-refractivity contribution in [2.24, 2.45) is 5.73 Å². The highest BCUT2D eigenvalue weighted by Gasteiger charge is 2.26. The molecule has 1 aliphatic carbocycles. The SMILES string of the molecule is Cc1cnc2ncc(-c3ccn4nc(N[C@H]5C[C@@H](N)C5)ncc34)cn12. The number of nitrogens with zero attached hydrogens (tertiary/aromatic N) is 6. The molecule has 3 N–H and O–H groups in total. The lowest BCUT2D eigenvalue weighted by atomic mass is 9.88. The van der Waals surface area contributed by atoms with Crippen LogP contribution in [0.4, 0.5) is 5.95 Å². The molecule has 0 saturated heterocycles. The van der Waals surface area contributed by atoms with Crippen molar-refractivity contribution in [1.82, 2.24) is 29.0 Å². The van der Waals surface area contributed by atoms with Crippen LogP contribution in [-0.4, -0.2) is 41.1 Å². The summed E-state index contributed by atoms with van der Waals surface area (Å²) in [6, 6.07) is 2.70. The minimum absolute atomic E-state index is 0.300. The molecule has 1 fully saturated rings. The maximum atomic E-state index is 5.82. The molecule has 8 heteroatoms. The Morgan fingerprint density at radius 2 is 2.00 bits per heavy atom. The van der Waals surface area contributed by atoms with Gasteiger partial charge in [0.25, 0.3) is 0 Å². The van der Waals surface area contributed by atoms with Crippen molar-refractivity contribution in [3.8, 4) is 11.1 Å². The van der Waals surface area contributed by atoms with Crippen LogP contribution < -0.4 is 11.1 Å². The Morgan fingerprint density at radius 1 is 1.16 bits per heavy atom. The summed E-state index contributed by atoms with van der Waals surface area (Å²) in [5.41, 5.74) is 9.86. The molecule has 25 heavy (non-hydrogen) atoms. The van der Waals surface area contributed by atoms with E-state index in [2.05, 4.69) is 25.4 Å². The van der Waals surface area contributed by atoms with E-state index < -0.39 is 0 Å². The predicted octanol–water partition coefficient (Wildman–Crippen LogP) is 1.65. The number of anilines is 1. The van der Waals surface area contributed by atoms with Crippen LogP contribution in [0.15, 0.2) is 37.1 Å². The quantitative estimate of drug-likeness (QED) is 0.591. The Hall–Kier alpha value is -3.00. The summed E-state index contributed by atoms with van der Waals surface area (Å²) in [7, 11) is 0. The largest absolute Gasteiger partial charge is 0.350 e. The minimum atomic E-state index is 0.300. The van der Waals surface area contributed by atoms with Gasteiger partial charge < -0.3 is 11.1 Å². The molecular formula is C17H18N8.